The second-order valence-corrected chi connectivity index (χ2v) is 7.52. The fraction of sp³-hybridized carbons (Fsp3) is 0.733. The Bertz CT molecular complexity index is 521. The molecule has 6 nitrogen and oxygen atoms in total. The molecule has 2 atom stereocenters. The molecule has 0 unspecified atom stereocenters. The molecule has 2 aliphatic heterocycles. The van der Waals surface area contributed by atoms with E-state index in [0.29, 0.717) is 18.0 Å². The zero-order valence-corrected chi connectivity index (χ0v) is 13.4. The third-order valence-electron chi connectivity index (χ3n) is 4.34. The Kier molecular flexibility index (Phi) is 3.43. The highest BCUT2D eigenvalue weighted by Gasteiger charge is 2.42. The molecule has 0 saturated carbocycles. The first kappa shape index (κ1) is 14.4. The summed E-state index contributed by atoms with van der Waals surface area (Å²) in [5, 5.41) is 3.37. The maximum absolute atomic E-state index is 5.89. The molecule has 1 aromatic heterocycles. The van der Waals surface area contributed by atoms with Crippen molar-refractivity contribution >= 4 is 17.6 Å². The summed E-state index contributed by atoms with van der Waals surface area (Å²) in [7, 11) is 2.20. The van der Waals surface area contributed by atoms with Crippen LogP contribution < -0.4 is 16.0 Å². The number of nitrogens with two attached hydrogens (primary N) is 1. The number of fused-ring (bicyclic) bond motifs is 2. The minimum Gasteiger partial charge on any atom is -0.369 e. The molecule has 2 aliphatic rings. The predicted octanol–water partition coefficient (Wildman–Crippen LogP) is 1.41. The maximum atomic E-state index is 5.89. The average Bonchev–Trinajstić information content (AvgIpc) is 2.93. The Hall–Kier alpha value is -1.56. The van der Waals surface area contributed by atoms with Crippen LogP contribution in [0.1, 0.15) is 27.2 Å². The Balaban J connectivity index is 1.76. The third-order valence-corrected chi connectivity index (χ3v) is 4.34. The normalized spacial score (nSPS) is 25.6. The molecular formula is C15H26N6. The van der Waals surface area contributed by atoms with Gasteiger partial charge in [-0.15, -0.1) is 0 Å². The van der Waals surface area contributed by atoms with Crippen LogP contribution in [0.2, 0.25) is 0 Å². The Labute approximate surface area is 126 Å². The lowest BCUT2D eigenvalue weighted by molar-refractivity contribution is 0.292. The molecule has 0 amide bonds. The number of likely N-dealkylation sites (N-methyl/N-ethyl adjacent to an activating group) is 1. The lowest BCUT2D eigenvalue weighted by Crippen LogP contribution is -2.45. The summed E-state index contributed by atoms with van der Waals surface area (Å²) in [5.41, 5.74) is 6.10. The quantitative estimate of drug-likeness (QED) is 0.877. The van der Waals surface area contributed by atoms with Gasteiger partial charge in [0.05, 0.1) is 0 Å². The summed E-state index contributed by atoms with van der Waals surface area (Å²) < 4.78 is 0. The smallest absolute Gasteiger partial charge is 0.223 e. The van der Waals surface area contributed by atoms with Crippen LogP contribution in [0.15, 0.2) is 6.07 Å². The third kappa shape index (κ3) is 3.05. The van der Waals surface area contributed by atoms with Crippen molar-refractivity contribution in [2.75, 3.05) is 42.6 Å². The summed E-state index contributed by atoms with van der Waals surface area (Å²) in [4.78, 5) is 13.6. The van der Waals surface area contributed by atoms with Crippen molar-refractivity contribution in [1.82, 2.24) is 14.9 Å². The van der Waals surface area contributed by atoms with E-state index in [0.717, 1.165) is 31.3 Å². The molecule has 116 valence electrons. The Morgan fingerprint density at radius 3 is 2.62 bits per heavy atom. The lowest BCUT2D eigenvalue weighted by Gasteiger charge is -2.33. The van der Waals surface area contributed by atoms with E-state index in [2.05, 4.69) is 52.9 Å². The molecule has 21 heavy (non-hydrogen) atoms. The van der Waals surface area contributed by atoms with E-state index in [4.69, 9.17) is 5.73 Å². The molecule has 0 radical (unpaired) electrons. The van der Waals surface area contributed by atoms with Gasteiger partial charge in [-0.1, -0.05) is 20.8 Å². The molecule has 2 fully saturated rings. The van der Waals surface area contributed by atoms with Crippen molar-refractivity contribution in [1.29, 1.82) is 0 Å². The van der Waals surface area contributed by atoms with Crippen molar-refractivity contribution in [3.05, 3.63) is 6.07 Å². The number of anilines is 3. The van der Waals surface area contributed by atoms with Crippen LogP contribution in [0.5, 0.6) is 0 Å². The number of aromatic nitrogens is 2. The Morgan fingerprint density at radius 1 is 1.29 bits per heavy atom. The summed E-state index contributed by atoms with van der Waals surface area (Å²) in [6, 6.07) is 3.24. The molecule has 3 N–H and O–H groups in total. The van der Waals surface area contributed by atoms with E-state index < -0.39 is 0 Å². The molecule has 0 aliphatic carbocycles. The highest BCUT2D eigenvalue weighted by atomic mass is 15.4. The molecular weight excluding hydrogens is 264 g/mol. The van der Waals surface area contributed by atoms with Crippen molar-refractivity contribution < 1.29 is 0 Å². The lowest BCUT2D eigenvalue weighted by atomic mass is 9.97. The fourth-order valence-corrected chi connectivity index (χ4v) is 3.19. The minimum absolute atomic E-state index is 0.204. The Morgan fingerprint density at radius 2 is 2.05 bits per heavy atom. The van der Waals surface area contributed by atoms with Gasteiger partial charge in [0.1, 0.15) is 11.6 Å². The first-order valence-electron chi connectivity index (χ1n) is 7.67. The molecule has 0 spiro atoms. The van der Waals surface area contributed by atoms with Crippen LogP contribution in [0.3, 0.4) is 0 Å². The maximum Gasteiger partial charge on any atom is 0.223 e. The predicted molar refractivity (Wildman–Crippen MR) is 86.6 cm³/mol. The summed E-state index contributed by atoms with van der Waals surface area (Å²) in [6.45, 7) is 9.59. The van der Waals surface area contributed by atoms with E-state index in [1.165, 1.54) is 6.42 Å². The van der Waals surface area contributed by atoms with Crippen LogP contribution in [0.4, 0.5) is 17.6 Å². The van der Waals surface area contributed by atoms with Gasteiger partial charge in [-0.2, -0.15) is 9.97 Å². The van der Waals surface area contributed by atoms with Gasteiger partial charge in [0.15, 0.2) is 0 Å². The molecule has 2 saturated heterocycles. The van der Waals surface area contributed by atoms with E-state index in [1.807, 2.05) is 6.07 Å². The van der Waals surface area contributed by atoms with Gasteiger partial charge in [0.2, 0.25) is 5.95 Å². The van der Waals surface area contributed by atoms with Crippen LogP contribution in [0, 0.1) is 5.41 Å². The SMILES string of the molecule is CN1C[C@@H]2C[C@H]1CN2c1cc(NCC(C)(C)C)nc(N)n1. The molecule has 6 heteroatoms. The van der Waals surface area contributed by atoms with Crippen molar-refractivity contribution in [3.63, 3.8) is 0 Å². The van der Waals surface area contributed by atoms with E-state index in [9.17, 15) is 0 Å². The van der Waals surface area contributed by atoms with E-state index in [1.54, 1.807) is 0 Å². The number of piperazine rings is 1. The highest BCUT2D eigenvalue weighted by molar-refractivity contribution is 5.54. The van der Waals surface area contributed by atoms with Crippen LogP contribution in [-0.2, 0) is 0 Å². The fourth-order valence-electron chi connectivity index (χ4n) is 3.19. The van der Waals surface area contributed by atoms with Crippen LogP contribution in [-0.4, -0.2) is 53.6 Å². The monoisotopic (exact) mass is 290 g/mol. The zero-order valence-electron chi connectivity index (χ0n) is 13.4. The largest absolute Gasteiger partial charge is 0.369 e. The van der Waals surface area contributed by atoms with Gasteiger partial charge in [0, 0.05) is 37.8 Å². The van der Waals surface area contributed by atoms with Gasteiger partial charge >= 0.3 is 0 Å². The van der Waals surface area contributed by atoms with Crippen molar-refractivity contribution in [2.45, 2.75) is 39.3 Å². The molecule has 2 bridgehead atoms. The molecule has 0 aromatic carbocycles. The second kappa shape index (κ2) is 5.02. The molecule has 3 heterocycles. The van der Waals surface area contributed by atoms with Gasteiger partial charge in [-0.05, 0) is 18.9 Å². The second-order valence-electron chi connectivity index (χ2n) is 7.52. The first-order chi connectivity index (χ1) is 9.82. The molecule has 3 rings (SSSR count). The number of likely N-dealkylation sites (tertiary alicyclic amines) is 1. The van der Waals surface area contributed by atoms with Gasteiger partial charge < -0.3 is 16.0 Å². The number of hydrogen-bond acceptors (Lipinski definition) is 6. The number of nitrogen functional groups attached to an aromatic ring is 1. The minimum atomic E-state index is 0.204. The number of rotatable bonds is 3. The van der Waals surface area contributed by atoms with E-state index >= 15 is 0 Å². The standard InChI is InChI=1S/C15H26N6/c1-15(2,3)9-17-12-6-13(19-14(16)18-12)21-8-10-5-11(21)7-20(10)4/h6,10-11H,5,7-9H2,1-4H3,(H3,16,17,18,19)/t10-,11-/m0/s1. The van der Waals surface area contributed by atoms with Crippen LogP contribution in [0.25, 0.3) is 0 Å². The number of nitrogens with zero attached hydrogens (tertiary/aromatic N) is 4. The van der Waals surface area contributed by atoms with E-state index in [-0.39, 0.29) is 5.41 Å². The van der Waals surface area contributed by atoms with Crippen molar-refractivity contribution in [2.24, 2.45) is 5.41 Å². The summed E-state index contributed by atoms with van der Waals surface area (Å²) in [5.74, 6) is 2.13. The number of nitrogens with one attached hydrogen (secondary N) is 1. The number of hydrogen-bond donors (Lipinski definition) is 2. The van der Waals surface area contributed by atoms with Gasteiger partial charge in [-0.3, -0.25) is 4.90 Å². The van der Waals surface area contributed by atoms with Gasteiger partial charge in [-0.25, -0.2) is 0 Å². The summed E-state index contributed by atoms with van der Waals surface area (Å²) >= 11 is 0. The average molecular weight is 290 g/mol. The first-order valence-corrected chi connectivity index (χ1v) is 7.67. The summed E-state index contributed by atoms with van der Waals surface area (Å²) in [6.07, 6.45) is 1.23. The van der Waals surface area contributed by atoms with Gasteiger partial charge in [0.25, 0.3) is 0 Å². The highest BCUT2D eigenvalue weighted by Crippen LogP contribution is 2.33. The van der Waals surface area contributed by atoms with Crippen LogP contribution >= 0.6 is 0 Å². The van der Waals surface area contributed by atoms with Crippen molar-refractivity contribution in [3.8, 4) is 0 Å². The zero-order chi connectivity index (χ0) is 15.2. The topological polar surface area (TPSA) is 70.3 Å². The molecule has 1 aromatic rings.